The molecule has 0 atom stereocenters. The highest BCUT2D eigenvalue weighted by Gasteiger charge is 2.43. The fourth-order valence-corrected chi connectivity index (χ4v) is 3.07. The number of rotatable bonds is 3. The van der Waals surface area contributed by atoms with Crippen molar-refractivity contribution in [3.05, 3.63) is 26.9 Å². The smallest absolute Gasteiger partial charge is 0.324 e. The summed E-state index contributed by atoms with van der Waals surface area (Å²) in [5, 5.41) is 34.6. The first-order valence-electron chi connectivity index (χ1n) is 6.92. The van der Waals surface area contributed by atoms with Crippen LogP contribution >= 0.6 is 11.8 Å². The normalized spacial score (nSPS) is 16.5. The zero-order valence-electron chi connectivity index (χ0n) is 13.3. The van der Waals surface area contributed by atoms with Crippen LogP contribution in [0.5, 0.6) is 0 Å². The lowest BCUT2D eigenvalue weighted by molar-refractivity contribution is -0.785. The van der Waals surface area contributed by atoms with E-state index in [-0.39, 0.29) is 33.1 Å². The van der Waals surface area contributed by atoms with Crippen molar-refractivity contribution >= 4 is 23.5 Å². The Labute approximate surface area is 142 Å². The van der Waals surface area contributed by atoms with Crippen LogP contribution in [0.1, 0.15) is 38.4 Å². The lowest BCUT2D eigenvalue weighted by atomic mass is 9.89. The van der Waals surface area contributed by atoms with Crippen LogP contribution in [0.15, 0.2) is 30.7 Å². The predicted octanol–water partition coefficient (Wildman–Crippen LogP) is 0.171. The second-order valence-corrected chi connectivity index (χ2v) is 6.33. The molecule has 10 heteroatoms. The minimum Gasteiger partial charge on any atom is -0.862 e. The molecule has 2 heterocycles. The van der Waals surface area contributed by atoms with E-state index in [0.717, 1.165) is 11.8 Å². The van der Waals surface area contributed by atoms with E-state index in [2.05, 4.69) is 10.3 Å². The molecular formula is C14H15N7O2S. The van der Waals surface area contributed by atoms with Crippen LogP contribution in [-0.4, -0.2) is 11.2 Å². The van der Waals surface area contributed by atoms with Gasteiger partial charge in [0.15, 0.2) is 6.04 Å². The van der Waals surface area contributed by atoms with Crippen molar-refractivity contribution in [1.82, 2.24) is 5.27 Å². The second kappa shape index (κ2) is 6.64. The molecule has 24 heavy (non-hydrogen) atoms. The van der Waals surface area contributed by atoms with Gasteiger partial charge in [-0.3, -0.25) is 4.52 Å². The monoisotopic (exact) mass is 345 g/mol. The maximum Gasteiger partial charge on any atom is 0.324 e. The molecule has 0 saturated carbocycles. The SMILES string of the molecule is C/C([O-])=N/c1on[n+](C(C)C)c1C1C(C#N)=C(N)SC(N)=C1C#N. The van der Waals surface area contributed by atoms with Gasteiger partial charge < -0.3 is 16.6 Å². The van der Waals surface area contributed by atoms with E-state index >= 15 is 0 Å². The van der Waals surface area contributed by atoms with Gasteiger partial charge in [0.25, 0.3) is 5.69 Å². The largest absolute Gasteiger partial charge is 0.862 e. The standard InChI is InChI=1S/C14H15N7O2S/c1-6(2)21-11(14(23-20-21)19-7(3)22)10-8(4-15)12(17)24-13(18)9(10)5-16/h6,10H,17-18H2,1-3H3. The number of hydrogen-bond acceptors (Lipinski definition) is 9. The molecule has 0 unspecified atom stereocenters. The summed E-state index contributed by atoms with van der Waals surface area (Å²) in [7, 11) is 0. The van der Waals surface area contributed by atoms with Crippen molar-refractivity contribution in [1.29, 1.82) is 10.5 Å². The number of nitrogens with two attached hydrogens (primary N) is 2. The fraction of sp³-hybridized carbons (Fsp3) is 0.357. The molecule has 124 valence electrons. The van der Waals surface area contributed by atoms with Gasteiger partial charge in [0, 0.05) is 13.8 Å². The molecule has 0 saturated heterocycles. The van der Waals surface area contributed by atoms with Crippen molar-refractivity contribution in [2.75, 3.05) is 0 Å². The van der Waals surface area contributed by atoms with Gasteiger partial charge in [0.05, 0.1) is 33.3 Å². The number of hydrogen-bond donors (Lipinski definition) is 2. The molecule has 0 radical (unpaired) electrons. The third kappa shape index (κ3) is 2.92. The Hall–Kier alpha value is -2.98. The highest BCUT2D eigenvalue weighted by Crippen LogP contribution is 2.44. The van der Waals surface area contributed by atoms with Crippen LogP contribution in [0.2, 0.25) is 0 Å². The Morgan fingerprint density at radius 3 is 2.29 bits per heavy atom. The van der Waals surface area contributed by atoms with Gasteiger partial charge in [0.2, 0.25) is 5.27 Å². The van der Waals surface area contributed by atoms with Crippen LogP contribution < -0.4 is 21.3 Å². The zero-order valence-corrected chi connectivity index (χ0v) is 14.1. The van der Waals surface area contributed by atoms with Crippen LogP contribution in [0.4, 0.5) is 5.88 Å². The van der Waals surface area contributed by atoms with E-state index in [1.165, 1.54) is 11.6 Å². The topological polar surface area (TPSA) is 165 Å². The third-order valence-corrected chi connectivity index (χ3v) is 4.15. The van der Waals surface area contributed by atoms with Gasteiger partial charge in [-0.15, -0.1) is 0 Å². The number of aromatic nitrogens is 2. The van der Waals surface area contributed by atoms with E-state index in [9.17, 15) is 15.6 Å². The van der Waals surface area contributed by atoms with E-state index in [0.29, 0.717) is 5.69 Å². The highest BCUT2D eigenvalue weighted by atomic mass is 32.2. The predicted molar refractivity (Wildman–Crippen MR) is 83.8 cm³/mol. The number of nitriles is 2. The van der Waals surface area contributed by atoms with E-state index in [4.69, 9.17) is 16.0 Å². The Balaban J connectivity index is 2.83. The molecule has 2 rings (SSSR count). The minimum atomic E-state index is -0.895. The summed E-state index contributed by atoms with van der Waals surface area (Å²) in [5.41, 5.74) is 12.4. The van der Waals surface area contributed by atoms with Crippen molar-refractivity contribution in [2.24, 2.45) is 16.5 Å². The molecule has 1 aromatic heterocycles. The molecule has 0 aromatic carbocycles. The van der Waals surface area contributed by atoms with Crippen LogP contribution in [0, 0.1) is 22.7 Å². The lowest BCUT2D eigenvalue weighted by Crippen LogP contribution is -2.43. The maximum atomic E-state index is 11.4. The van der Waals surface area contributed by atoms with Crippen molar-refractivity contribution in [3.63, 3.8) is 0 Å². The molecule has 1 aliphatic heterocycles. The summed E-state index contributed by atoms with van der Waals surface area (Å²) in [6.07, 6.45) is 0. The summed E-state index contributed by atoms with van der Waals surface area (Å²) in [5.74, 6) is -1.47. The number of aliphatic imine (C=N–C) groups is 1. The molecule has 9 nitrogen and oxygen atoms in total. The Morgan fingerprint density at radius 2 is 1.88 bits per heavy atom. The Morgan fingerprint density at radius 1 is 1.33 bits per heavy atom. The van der Waals surface area contributed by atoms with Crippen LogP contribution in [-0.2, 0) is 0 Å². The molecule has 0 amide bonds. The van der Waals surface area contributed by atoms with Gasteiger partial charge in [0.1, 0.15) is 5.92 Å². The average Bonchev–Trinajstić information content (AvgIpc) is 2.89. The summed E-state index contributed by atoms with van der Waals surface area (Å²) in [6, 6.07) is 3.84. The van der Waals surface area contributed by atoms with Crippen molar-refractivity contribution in [3.8, 4) is 12.1 Å². The molecule has 0 bridgehead atoms. The summed E-state index contributed by atoms with van der Waals surface area (Å²) in [6.45, 7) is 4.92. The minimum absolute atomic E-state index is 0.0748. The summed E-state index contributed by atoms with van der Waals surface area (Å²) < 4.78 is 6.61. The van der Waals surface area contributed by atoms with Gasteiger partial charge in [-0.05, 0) is 17.5 Å². The number of allylic oxidation sites excluding steroid dienone is 2. The lowest BCUT2D eigenvalue weighted by Gasteiger charge is -2.20. The Bertz CT molecular complexity index is 811. The first-order chi connectivity index (χ1) is 11.3. The average molecular weight is 345 g/mol. The van der Waals surface area contributed by atoms with E-state index < -0.39 is 11.8 Å². The molecule has 0 fully saturated rings. The maximum absolute atomic E-state index is 11.4. The number of thioether (sulfide) groups is 1. The van der Waals surface area contributed by atoms with Gasteiger partial charge in [-0.1, -0.05) is 11.8 Å². The van der Waals surface area contributed by atoms with Gasteiger partial charge >= 0.3 is 5.88 Å². The molecule has 0 aliphatic carbocycles. The van der Waals surface area contributed by atoms with Gasteiger partial charge in [-0.25, -0.2) is 4.99 Å². The van der Waals surface area contributed by atoms with E-state index in [1.807, 2.05) is 26.0 Å². The fourth-order valence-electron chi connectivity index (χ4n) is 2.29. The van der Waals surface area contributed by atoms with Crippen molar-refractivity contribution in [2.45, 2.75) is 32.7 Å². The molecule has 1 aliphatic rings. The first kappa shape index (κ1) is 17.4. The summed E-state index contributed by atoms with van der Waals surface area (Å²) >= 11 is 0.954. The van der Waals surface area contributed by atoms with Crippen LogP contribution in [0.3, 0.4) is 0 Å². The highest BCUT2D eigenvalue weighted by molar-refractivity contribution is 8.06. The van der Waals surface area contributed by atoms with Gasteiger partial charge in [-0.2, -0.15) is 10.5 Å². The zero-order chi connectivity index (χ0) is 18.0. The third-order valence-electron chi connectivity index (χ3n) is 3.27. The first-order valence-corrected chi connectivity index (χ1v) is 7.74. The summed E-state index contributed by atoms with van der Waals surface area (Å²) in [4.78, 5) is 3.78. The van der Waals surface area contributed by atoms with E-state index in [1.54, 1.807) is 0 Å². The second-order valence-electron chi connectivity index (χ2n) is 5.25. The molecular weight excluding hydrogens is 330 g/mol. The van der Waals surface area contributed by atoms with Crippen molar-refractivity contribution < 1.29 is 14.3 Å². The molecule has 4 N–H and O–H groups in total. The molecule has 1 aromatic rings. The Kier molecular flexibility index (Phi) is 4.81. The quantitative estimate of drug-likeness (QED) is 0.444. The molecule has 0 spiro atoms. The van der Waals surface area contributed by atoms with Crippen LogP contribution in [0.25, 0.3) is 0 Å². The number of nitrogens with zero attached hydrogens (tertiary/aromatic N) is 5.